The number of rotatable bonds is 5. The van der Waals surface area contributed by atoms with E-state index in [1.807, 2.05) is 25.1 Å². The van der Waals surface area contributed by atoms with E-state index in [2.05, 4.69) is 43.4 Å². The minimum absolute atomic E-state index is 0.0882. The molecule has 1 N–H and O–H groups in total. The number of carbonyl (C=O) groups excluding carboxylic acids is 1. The molecule has 138 valence electrons. The van der Waals surface area contributed by atoms with Crippen LogP contribution in [0.15, 0.2) is 42.5 Å². The number of carbonyl (C=O) groups is 1. The second kappa shape index (κ2) is 7.53. The molecule has 0 bridgehead atoms. The molecular formula is C23H29NO2. The predicted octanol–water partition coefficient (Wildman–Crippen LogP) is 5.58. The third-order valence-electron chi connectivity index (χ3n) is 5.60. The summed E-state index contributed by atoms with van der Waals surface area (Å²) in [6, 6.07) is 14.3. The molecule has 1 fully saturated rings. The molecule has 1 aliphatic rings. The first-order valence-corrected chi connectivity index (χ1v) is 9.53. The van der Waals surface area contributed by atoms with Gasteiger partial charge in [-0.05, 0) is 54.5 Å². The molecule has 1 saturated carbocycles. The van der Waals surface area contributed by atoms with E-state index in [0.29, 0.717) is 11.7 Å². The molecule has 0 aromatic heterocycles. The fraction of sp³-hybridized carbons (Fsp3) is 0.435. The molecule has 0 saturated heterocycles. The lowest BCUT2D eigenvalue weighted by molar-refractivity contribution is -0.121. The van der Waals surface area contributed by atoms with E-state index in [9.17, 15) is 4.79 Å². The van der Waals surface area contributed by atoms with Crippen LogP contribution in [0.1, 0.15) is 62.1 Å². The van der Waals surface area contributed by atoms with Crippen LogP contribution in [0.3, 0.4) is 0 Å². The highest BCUT2D eigenvalue weighted by atomic mass is 16.5. The van der Waals surface area contributed by atoms with Gasteiger partial charge in [0, 0.05) is 0 Å². The Morgan fingerprint density at radius 1 is 1.12 bits per heavy atom. The molecule has 0 atom stereocenters. The van der Waals surface area contributed by atoms with E-state index in [0.717, 1.165) is 36.9 Å². The molecule has 0 unspecified atom stereocenters. The average Bonchev–Trinajstić information content (AvgIpc) is 3.14. The maximum absolute atomic E-state index is 13.5. The number of anilines is 1. The van der Waals surface area contributed by atoms with Gasteiger partial charge in [-0.15, -0.1) is 0 Å². The second-order valence-electron chi connectivity index (χ2n) is 7.69. The molecule has 3 rings (SSSR count). The van der Waals surface area contributed by atoms with Crippen molar-refractivity contribution < 1.29 is 9.53 Å². The number of ether oxygens (including phenoxy) is 1. The molecule has 3 nitrogen and oxygen atoms in total. The van der Waals surface area contributed by atoms with Gasteiger partial charge in [0.1, 0.15) is 5.75 Å². The van der Waals surface area contributed by atoms with Crippen molar-refractivity contribution in [2.24, 2.45) is 0 Å². The smallest absolute Gasteiger partial charge is 0.235 e. The number of aryl methyl sites for hydroxylation is 1. The van der Waals surface area contributed by atoms with Crippen LogP contribution in [0.2, 0.25) is 0 Å². The Balaban J connectivity index is 2.00. The summed E-state index contributed by atoms with van der Waals surface area (Å²) < 4.78 is 5.48. The number of nitrogens with one attached hydrogen (secondary N) is 1. The summed E-state index contributed by atoms with van der Waals surface area (Å²) in [5.41, 5.74) is 3.88. The Labute approximate surface area is 156 Å². The fourth-order valence-corrected chi connectivity index (χ4v) is 4.18. The van der Waals surface area contributed by atoms with Crippen molar-refractivity contribution in [1.82, 2.24) is 0 Å². The summed E-state index contributed by atoms with van der Waals surface area (Å²) in [7, 11) is 1.64. The summed E-state index contributed by atoms with van der Waals surface area (Å²) in [6.45, 7) is 6.41. The van der Waals surface area contributed by atoms with E-state index in [1.165, 1.54) is 11.1 Å². The first-order chi connectivity index (χ1) is 12.5. The van der Waals surface area contributed by atoms with Crippen LogP contribution in [-0.4, -0.2) is 13.0 Å². The molecule has 1 amide bonds. The standard InChI is InChI=1S/C23H29NO2/c1-16(2)18-9-5-6-10-19(18)23(13-7-8-14-23)22(25)24-20-12-11-17(3)15-21(20)26-4/h5-6,9-12,15-16H,7-8,13-14H2,1-4H3,(H,24,25). The van der Waals surface area contributed by atoms with Crippen molar-refractivity contribution in [2.75, 3.05) is 12.4 Å². The summed E-state index contributed by atoms with van der Waals surface area (Å²) >= 11 is 0. The Morgan fingerprint density at radius 2 is 1.81 bits per heavy atom. The minimum atomic E-state index is -0.448. The van der Waals surface area contributed by atoms with Crippen LogP contribution in [0.5, 0.6) is 5.75 Å². The number of amides is 1. The van der Waals surface area contributed by atoms with Gasteiger partial charge in [0.2, 0.25) is 5.91 Å². The summed E-state index contributed by atoms with van der Waals surface area (Å²) in [6.07, 6.45) is 3.98. The quantitative estimate of drug-likeness (QED) is 0.764. The Morgan fingerprint density at radius 3 is 2.46 bits per heavy atom. The number of methoxy groups -OCH3 is 1. The van der Waals surface area contributed by atoms with E-state index in [4.69, 9.17) is 4.74 Å². The van der Waals surface area contributed by atoms with Crippen molar-refractivity contribution in [2.45, 2.75) is 57.8 Å². The molecule has 3 heteroatoms. The zero-order valence-electron chi connectivity index (χ0n) is 16.3. The molecule has 1 aliphatic carbocycles. The van der Waals surface area contributed by atoms with Crippen molar-refractivity contribution in [3.63, 3.8) is 0 Å². The van der Waals surface area contributed by atoms with Gasteiger partial charge < -0.3 is 10.1 Å². The number of benzene rings is 2. The van der Waals surface area contributed by atoms with Crippen LogP contribution < -0.4 is 10.1 Å². The average molecular weight is 351 g/mol. The minimum Gasteiger partial charge on any atom is -0.495 e. The van der Waals surface area contributed by atoms with Gasteiger partial charge in [-0.3, -0.25) is 4.79 Å². The highest BCUT2D eigenvalue weighted by Gasteiger charge is 2.44. The van der Waals surface area contributed by atoms with Gasteiger partial charge in [0.15, 0.2) is 0 Å². The van der Waals surface area contributed by atoms with Crippen LogP contribution in [0.4, 0.5) is 5.69 Å². The van der Waals surface area contributed by atoms with E-state index < -0.39 is 5.41 Å². The lowest BCUT2D eigenvalue weighted by atomic mass is 9.74. The zero-order valence-corrected chi connectivity index (χ0v) is 16.3. The molecule has 0 spiro atoms. The molecule has 2 aromatic rings. The topological polar surface area (TPSA) is 38.3 Å². The number of hydrogen-bond donors (Lipinski definition) is 1. The third-order valence-corrected chi connectivity index (χ3v) is 5.60. The maximum atomic E-state index is 13.5. The molecule has 26 heavy (non-hydrogen) atoms. The highest BCUT2D eigenvalue weighted by Crippen LogP contribution is 2.45. The van der Waals surface area contributed by atoms with Crippen LogP contribution in [0.25, 0.3) is 0 Å². The molecule has 0 aliphatic heterocycles. The van der Waals surface area contributed by atoms with Crippen LogP contribution >= 0.6 is 0 Å². The fourth-order valence-electron chi connectivity index (χ4n) is 4.18. The van der Waals surface area contributed by atoms with E-state index in [-0.39, 0.29) is 5.91 Å². The van der Waals surface area contributed by atoms with Gasteiger partial charge in [-0.25, -0.2) is 0 Å². The zero-order chi connectivity index (χ0) is 18.7. The first kappa shape index (κ1) is 18.5. The Bertz CT molecular complexity index is 789. The van der Waals surface area contributed by atoms with Gasteiger partial charge in [0.25, 0.3) is 0 Å². The van der Waals surface area contributed by atoms with E-state index >= 15 is 0 Å². The first-order valence-electron chi connectivity index (χ1n) is 9.53. The Kier molecular flexibility index (Phi) is 5.36. The molecule has 0 heterocycles. The summed E-state index contributed by atoms with van der Waals surface area (Å²) in [5, 5.41) is 3.17. The van der Waals surface area contributed by atoms with Gasteiger partial charge in [-0.2, -0.15) is 0 Å². The normalized spacial score (nSPS) is 15.9. The van der Waals surface area contributed by atoms with Crippen molar-refractivity contribution in [3.8, 4) is 5.75 Å². The Hall–Kier alpha value is -2.29. The molecule has 0 radical (unpaired) electrons. The lowest BCUT2D eigenvalue weighted by Gasteiger charge is -2.31. The third kappa shape index (κ3) is 3.35. The molecule has 2 aromatic carbocycles. The van der Waals surface area contributed by atoms with Crippen molar-refractivity contribution in [3.05, 3.63) is 59.2 Å². The lowest BCUT2D eigenvalue weighted by Crippen LogP contribution is -2.39. The van der Waals surface area contributed by atoms with E-state index in [1.54, 1.807) is 7.11 Å². The monoisotopic (exact) mass is 351 g/mol. The van der Waals surface area contributed by atoms with Gasteiger partial charge >= 0.3 is 0 Å². The largest absolute Gasteiger partial charge is 0.495 e. The predicted molar refractivity (Wildman–Crippen MR) is 107 cm³/mol. The van der Waals surface area contributed by atoms with Crippen molar-refractivity contribution in [1.29, 1.82) is 0 Å². The van der Waals surface area contributed by atoms with Gasteiger partial charge in [0.05, 0.1) is 18.2 Å². The van der Waals surface area contributed by atoms with Gasteiger partial charge in [-0.1, -0.05) is 57.0 Å². The maximum Gasteiger partial charge on any atom is 0.235 e. The van der Waals surface area contributed by atoms with Crippen LogP contribution in [-0.2, 0) is 10.2 Å². The molecular weight excluding hydrogens is 322 g/mol. The summed E-state index contributed by atoms with van der Waals surface area (Å²) in [5.74, 6) is 1.19. The number of hydrogen-bond acceptors (Lipinski definition) is 2. The second-order valence-corrected chi connectivity index (χ2v) is 7.69. The van der Waals surface area contributed by atoms with Crippen molar-refractivity contribution >= 4 is 11.6 Å². The van der Waals surface area contributed by atoms with Crippen LogP contribution in [0, 0.1) is 6.92 Å². The highest BCUT2D eigenvalue weighted by molar-refractivity contribution is 6.00. The summed E-state index contributed by atoms with van der Waals surface area (Å²) in [4.78, 5) is 13.5. The SMILES string of the molecule is COc1cc(C)ccc1NC(=O)C1(c2ccccc2C(C)C)CCCC1.